The number of hydrogen-bond donors (Lipinski definition) is 7. The quantitative estimate of drug-likeness (QED) is 0.0393. The largest absolute Gasteiger partial charge is 0.504 e. The van der Waals surface area contributed by atoms with Gasteiger partial charge in [-0.25, -0.2) is 0 Å². The van der Waals surface area contributed by atoms with Gasteiger partial charge in [0.2, 0.25) is 5.91 Å². The molecule has 0 aliphatic rings. The average molecular weight is 741 g/mol. The monoisotopic (exact) mass is 740 g/mol. The molecule has 0 spiro atoms. The number of rotatable bonds is 21. The Morgan fingerprint density at radius 3 is 1.42 bits per heavy atom. The van der Waals surface area contributed by atoms with E-state index in [4.69, 9.17) is 14.2 Å². The van der Waals surface area contributed by atoms with Crippen LogP contribution in [0.5, 0.6) is 17.2 Å². The Bertz CT molecular complexity index is 1310. The van der Waals surface area contributed by atoms with Crippen LogP contribution in [0.1, 0.15) is 72.7 Å². The minimum atomic E-state index is -0.740. The van der Waals surface area contributed by atoms with E-state index < -0.39 is 57.9 Å². The third kappa shape index (κ3) is 21.9. The first-order chi connectivity index (χ1) is 23.9. The van der Waals surface area contributed by atoms with Crippen LogP contribution in [-0.2, 0) is 33.4 Å². The van der Waals surface area contributed by atoms with Crippen LogP contribution in [0.2, 0.25) is 0 Å². The lowest BCUT2D eigenvalue weighted by Gasteiger charge is -2.28. The van der Waals surface area contributed by atoms with Crippen molar-refractivity contribution in [2.75, 3.05) is 78.5 Å². The number of nitrogens with one attached hydrogen (secondary N) is 4. The van der Waals surface area contributed by atoms with E-state index in [0.717, 1.165) is 12.1 Å². The number of phenols is 3. The van der Waals surface area contributed by atoms with Crippen molar-refractivity contribution < 1.29 is 53.5 Å². The molecule has 0 aliphatic carbocycles. The van der Waals surface area contributed by atoms with Gasteiger partial charge < -0.3 is 50.8 Å². The molecule has 0 saturated heterocycles. The van der Waals surface area contributed by atoms with Crippen molar-refractivity contribution in [1.82, 2.24) is 31.1 Å². The molecule has 296 valence electrons. The number of carbonyl (C=O) groups excluding carboxylic acids is 5. The molecule has 1 rings (SSSR count). The van der Waals surface area contributed by atoms with Crippen LogP contribution in [0, 0.1) is 0 Å². The van der Waals surface area contributed by atoms with Crippen LogP contribution in [0.15, 0.2) is 12.1 Å². The zero-order chi connectivity index (χ0) is 39.7. The number of carbonyl (C=O) groups is 5. The Morgan fingerprint density at radius 2 is 0.981 bits per heavy atom. The van der Waals surface area contributed by atoms with Gasteiger partial charge in [-0.2, -0.15) is 0 Å². The highest BCUT2D eigenvalue weighted by atomic mass is 16.6. The van der Waals surface area contributed by atoms with Gasteiger partial charge in [0.05, 0.1) is 26.2 Å². The van der Waals surface area contributed by atoms with Crippen molar-refractivity contribution in [3.8, 4) is 17.2 Å². The Hall–Kier alpha value is -4.19. The third-order valence-electron chi connectivity index (χ3n) is 6.53. The van der Waals surface area contributed by atoms with Gasteiger partial charge >= 0.3 is 17.9 Å². The van der Waals surface area contributed by atoms with E-state index in [1.807, 2.05) is 9.80 Å². The van der Waals surface area contributed by atoms with Crippen LogP contribution in [0.3, 0.4) is 0 Å². The molecule has 0 aliphatic heterocycles. The second-order valence-corrected chi connectivity index (χ2v) is 15.1. The summed E-state index contributed by atoms with van der Waals surface area (Å²) in [7, 11) is 0. The molecule has 0 saturated carbocycles. The standard InChI is InChI=1S/C35H60N6O11/c1-33(2,3)50-28(45)20-36-12-14-40(22-27(44)38-10-11-39-32(49)24-18-25(42)31(48)26(43)19-24)16-17-41(23-30(47)52-35(7,8)9)15-13-37-21-29(46)51-34(4,5)6/h18-19,36-37,42-43,48H,10-17,20-23H2,1-9H3,(H,38,44)(H,39,49). The molecule has 52 heavy (non-hydrogen) atoms. The summed E-state index contributed by atoms with van der Waals surface area (Å²) in [5, 5.41) is 40.2. The predicted octanol–water partition coefficient (Wildman–Crippen LogP) is 0.458. The average Bonchev–Trinajstić information content (AvgIpc) is 2.97. The van der Waals surface area contributed by atoms with Crippen molar-refractivity contribution in [2.45, 2.75) is 79.1 Å². The van der Waals surface area contributed by atoms with Crippen molar-refractivity contribution in [3.05, 3.63) is 17.7 Å². The number of amides is 2. The molecule has 0 bridgehead atoms. The molecule has 1 aromatic carbocycles. The molecular weight excluding hydrogens is 680 g/mol. The SMILES string of the molecule is CC(C)(C)OC(=O)CNCCN(CCN(CCNCC(=O)OC(C)(C)C)CC(=O)OC(C)(C)C)CC(=O)NCCNC(=O)c1cc(O)c(O)c(O)c1. The highest BCUT2D eigenvalue weighted by Crippen LogP contribution is 2.35. The molecule has 0 radical (unpaired) electrons. The van der Waals surface area contributed by atoms with E-state index in [1.165, 1.54) is 0 Å². The summed E-state index contributed by atoms with van der Waals surface area (Å²) in [6, 6.07) is 2.00. The van der Waals surface area contributed by atoms with Gasteiger partial charge in [-0.3, -0.25) is 33.8 Å². The highest BCUT2D eigenvalue weighted by Gasteiger charge is 2.22. The lowest BCUT2D eigenvalue weighted by atomic mass is 10.1. The van der Waals surface area contributed by atoms with Crippen LogP contribution in [0.4, 0.5) is 0 Å². The number of aromatic hydroxyl groups is 3. The van der Waals surface area contributed by atoms with E-state index in [1.54, 1.807) is 62.3 Å². The van der Waals surface area contributed by atoms with E-state index in [2.05, 4.69) is 21.3 Å². The van der Waals surface area contributed by atoms with Gasteiger partial charge in [0.25, 0.3) is 5.91 Å². The Kier molecular flexibility index (Phi) is 18.8. The zero-order valence-corrected chi connectivity index (χ0v) is 32.1. The van der Waals surface area contributed by atoms with Crippen LogP contribution in [-0.4, -0.2) is 150 Å². The van der Waals surface area contributed by atoms with Gasteiger partial charge in [0, 0.05) is 57.9 Å². The minimum absolute atomic E-state index is 0.00645. The molecule has 0 fully saturated rings. The fourth-order valence-corrected chi connectivity index (χ4v) is 4.46. The Balaban J connectivity index is 2.86. The summed E-state index contributed by atoms with van der Waals surface area (Å²) in [5.74, 6) is -4.28. The van der Waals surface area contributed by atoms with E-state index in [0.29, 0.717) is 39.3 Å². The smallest absolute Gasteiger partial charge is 0.320 e. The lowest BCUT2D eigenvalue weighted by Crippen LogP contribution is -2.47. The molecule has 7 N–H and O–H groups in total. The van der Waals surface area contributed by atoms with Crippen LogP contribution >= 0.6 is 0 Å². The van der Waals surface area contributed by atoms with Crippen molar-refractivity contribution in [3.63, 3.8) is 0 Å². The van der Waals surface area contributed by atoms with Gasteiger partial charge in [0.1, 0.15) is 16.8 Å². The fraction of sp³-hybridized carbons (Fsp3) is 0.686. The molecule has 0 aromatic heterocycles. The number of hydrogen-bond acceptors (Lipinski definition) is 15. The first-order valence-electron chi connectivity index (χ1n) is 17.3. The number of esters is 3. The summed E-state index contributed by atoms with van der Waals surface area (Å²) in [5.41, 5.74) is -2.01. The molecule has 2 amide bonds. The highest BCUT2D eigenvalue weighted by molar-refractivity contribution is 5.95. The summed E-state index contributed by atoms with van der Waals surface area (Å²) in [6.07, 6.45) is 0. The van der Waals surface area contributed by atoms with E-state index in [9.17, 15) is 39.3 Å². The Labute approximate surface area is 306 Å². The molecular formula is C35H60N6O11. The normalized spacial score (nSPS) is 12.1. The topological polar surface area (TPSA) is 228 Å². The number of ether oxygens (including phenoxy) is 3. The van der Waals surface area contributed by atoms with Crippen LogP contribution < -0.4 is 21.3 Å². The summed E-state index contributed by atoms with van der Waals surface area (Å²) in [4.78, 5) is 66.1. The molecule has 0 heterocycles. The lowest BCUT2D eigenvalue weighted by molar-refractivity contribution is -0.157. The Morgan fingerprint density at radius 1 is 0.577 bits per heavy atom. The minimum Gasteiger partial charge on any atom is -0.504 e. The fourth-order valence-electron chi connectivity index (χ4n) is 4.46. The maximum atomic E-state index is 12.9. The first kappa shape index (κ1) is 45.8. The second-order valence-electron chi connectivity index (χ2n) is 15.1. The zero-order valence-electron chi connectivity index (χ0n) is 32.1. The van der Waals surface area contributed by atoms with E-state index >= 15 is 0 Å². The summed E-state index contributed by atoms with van der Waals surface area (Å²) < 4.78 is 16.2. The molecule has 0 atom stereocenters. The molecule has 1 aromatic rings. The third-order valence-corrected chi connectivity index (χ3v) is 6.53. The maximum Gasteiger partial charge on any atom is 0.320 e. The van der Waals surface area contributed by atoms with Crippen molar-refractivity contribution in [2.24, 2.45) is 0 Å². The molecule has 17 nitrogen and oxygen atoms in total. The van der Waals surface area contributed by atoms with Gasteiger partial charge in [-0.05, 0) is 74.4 Å². The van der Waals surface area contributed by atoms with E-state index in [-0.39, 0.29) is 50.7 Å². The first-order valence-corrected chi connectivity index (χ1v) is 17.3. The van der Waals surface area contributed by atoms with Crippen molar-refractivity contribution >= 4 is 29.7 Å². The predicted molar refractivity (Wildman–Crippen MR) is 193 cm³/mol. The van der Waals surface area contributed by atoms with Gasteiger partial charge in [-0.1, -0.05) is 0 Å². The molecule has 0 unspecified atom stereocenters. The van der Waals surface area contributed by atoms with Crippen LogP contribution in [0.25, 0.3) is 0 Å². The van der Waals surface area contributed by atoms with Gasteiger partial charge in [0.15, 0.2) is 17.2 Å². The summed E-state index contributed by atoms with van der Waals surface area (Å²) >= 11 is 0. The number of nitrogens with zero attached hydrogens (tertiary/aromatic N) is 2. The molecule has 17 heteroatoms. The number of phenolic OH excluding ortho intramolecular Hbond substituents is 3. The maximum absolute atomic E-state index is 12.9. The number of benzene rings is 1. The second kappa shape index (κ2) is 21.4. The van der Waals surface area contributed by atoms with Gasteiger partial charge in [-0.15, -0.1) is 0 Å². The van der Waals surface area contributed by atoms with Crippen molar-refractivity contribution in [1.29, 1.82) is 0 Å². The summed E-state index contributed by atoms with van der Waals surface area (Å²) in [6.45, 7) is 18.2.